The molecule has 1 saturated heterocycles. The fourth-order valence-electron chi connectivity index (χ4n) is 4.79. The summed E-state index contributed by atoms with van der Waals surface area (Å²) in [5.74, 6) is 0. The molecule has 5 nitrogen and oxygen atoms in total. The van der Waals surface area contributed by atoms with Gasteiger partial charge in [-0.15, -0.1) is 0 Å². The van der Waals surface area contributed by atoms with Gasteiger partial charge >= 0.3 is 0 Å². The summed E-state index contributed by atoms with van der Waals surface area (Å²) in [6, 6.07) is 19.8. The van der Waals surface area contributed by atoms with Gasteiger partial charge in [-0.3, -0.25) is 4.90 Å². The lowest BCUT2D eigenvalue weighted by Crippen LogP contribution is -2.37. The molecule has 2 aromatic heterocycles. The van der Waals surface area contributed by atoms with E-state index < -0.39 is 0 Å². The van der Waals surface area contributed by atoms with Crippen molar-refractivity contribution >= 4 is 11.0 Å². The predicted octanol–water partition coefficient (Wildman–Crippen LogP) is 4.92. The number of pyridine rings is 1. The van der Waals surface area contributed by atoms with E-state index in [1.807, 2.05) is 6.20 Å². The molecule has 0 amide bonds. The molecule has 0 radical (unpaired) electrons. The van der Waals surface area contributed by atoms with Gasteiger partial charge in [-0.1, -0.05) is 48.5 Å². The van der Waals surface area contributed by atoms with Gasteiger partial charge in [0.15, 0.2) is 0 Å². The van der Waals surface area contributed by atoms with E-state index >= 15 is 0 Å². The summed E-state index contributed by atoms with van der Waals surface area (Å²) < 4.78 is 0. The van der Waals surface area contributed by atoms with Gasteiger partial charge in [-0.05, 0) is 61.8 Å². The van der Waals surface area contributed by atoms with Crippen LogP contribution in [0.4, 0.5) is 0 Å². The van der Waals surface area contributed by atoms with Crippen LogP contribution in [0.3, 0.4) is 0 Å². The molecule has 0 aliphatic carbocycles. The van der Waals surface area contributed by atoms with Gasteiger partial charge in [0.25, 0.3) is 0 Å². The molecule has 1 unspecified atom stereocenters. The number of fused-ring (bicyclic) bond motifs is 1. The molecule has 2 N–H and O–H groups in total. The lowest BCUT2D eigenvalue weighted by atomic mass is 10.0. The molecule has 1 aliphatic rings. The van der Waals surface area contributed by atoms with Crippen LogP contribution in [0, 0.1) is 0 Å². The van der Waals surface area contributed by atoms with E-state index in [1.165, 1.54) is 27.8 Å². The number of aliphatic hydroxyl groups is 1. The zero-order chi connectivity index (χ0) is 22.8. The smallest absolute Gasteiger partial charge is 0.137 e. The highest BCUT2D eigenvalue weighted by Gasteiger charge is 2.17. The molecule has 2 aromatic carbocycles. The van der Waals surface area contributed by atoms with Gasteiger partial charge in [-0.2, -0.15) is 0 Å². The third kappa shape index (κ3) is 5.01. The summed E-state index contributed by atoms with van der Waals surface area (Å²) in [7, 11) is 4.18. The Kier molecular flexibility index (Phi) is 6.27. The first-order chi connectivity index (χ1) is 16.0. The minimum absolute atomic E-state index is 0.185. The quantitative estimate of drug-likeness (QED) is 0.447. The number of hydrogen-bond donors (Lipinski definition) is 2. The number of β-amino-alcohol motifs (C(OH)–C–C–N with tert-alkyl or cyclic N) is 1. The van der Waals surface area contributed by atoms with Crippen LogP contribution in [0.5, 0.6) is 0 Å². The average Bonchev–Trinajstić information content (AvgIpc) is 3.23. The SMILES string of the molecule is CN(C)Cc1ccc(-c2c[nH]c3ncc(-c4ccc(CN5CCCC(O)C5)cc4)cc23)cc1. The number of H-pyrrole nitrogens is 1. The fraction of sp³-hybridized carbons (Fsp3) is 0.321. The Hall–Kier alpha value is -2.99. The van der Waals surface area contributed by atoms with Crippen molar-refractivity contribution in [1.29, 1.82) is 0 Å². The molecule has 5 heteroatoms. The lowest BCUT2D eigenvalue weighted by molar-refractivity contribution is 0.0668. The first kappa shape index (κ1) is 21.8. The molecule has 4 aromatic rings. The van der Waals surface area contributed by atoms with Crippen LogP contribution >= 0.6 is 0 Å². The number of hydrogen-bond acceptors (Lipinski definition) is 4. The Labute approximate surface area is 195 Å². The zero-order valence-electron chi connectivity index (χ0n) is 19.5. The summed E-state index contributed by atoms with van der Waals surface area (Å²) in [4.78, 5) is 12.5. The summed E-state index contributed by atoms with van der Waals surface area (Å²) >= 11 is 0. The monoisotopic (exact) mass is 440 g/mol. The molecule has 33 heavy (non-hydrogen) atoms. The molecule has 1 atom stereocenters. The number of nitrogens with zero attached hydrogens (tertiary/aromatic N) is 3. The number of rotatable bonds is 6. The van der Waals surface area contributed by atoms with Gasteiger partial charge < -0.3 is 15.0 Å². The highest BCUT2D eigenvalue weighted by molar-refractivity contribution is 5.95. The van der Waals surface area contributed by atoms with E-state index in [9.17, 15) is 5.11 Å². The number of nitrogens with one attached hydrogen (secondary N) is 1. The van der Waals surface area contributed by atoms with Crippen molar-refractivity contribution in [3.05, 3.63) is 78.1 Å². The summed E-state index contributed by atoms with van der Waals surface area (Å²) in [6.45, 7) is 3.66. The molecule has 170 valence electrons. The normalized spacial score (nSPS) is 17.2. The number of piperidine rings is 1. The molecule has 1 aliphatic heterocycles. The minimum Gasteiger partial charge on any atom is -0.392 e. The maximum Gasteiger partial charge on any atom is 0.137 e. The van der Waals surface area contributed by atoms with E-state index in [2.05, 4.69) is 94.7 Å². The maximum atomic E-state index is 9.92. The Morgan fingerprint density at radius 3 is 2.45 bits per heavy atom. The molecule has 1 fully saturated rings. The van der Waals surface area contributed by atoms with Gasteiger partial charge in [0, 0.05) is 48.5 Å². The van der Waals surface area contributed by atoms with E-state index in [4.69, 9.17) is 0 Å². The molecular formula is C28H32N4O. The van der Waals surface area contributed by atoms with E-state index in [0.29, 0.717) is 0 Å². The van der Waals surface area contributed by atoms with Gasteiger partial charge in [0.1, 0.15) is 5.65 Å². The highest BCUT2D eigenvalue weighted by Crippen LogP contribution is 2.31. The van der Waals surface area contributed by atoms with Crippen molar-refractivity contribution < 1.29 is 5.11 Å². The first-order valence-electron chi connectivity index (χ1n) is 11.8. The largest absolute Gasteiger partial charge is 0.392 e. The van der Waals surface area contributed by atoms with Crippen LogP contribution in [0.1, 0.15) is 24.0 Å². The second-order valence-corrected chi connectivity index (χ2v) is 9.49. The Morgan fingerprint density at radius 1 is 1.00 bits per heavy atom. The molecule has 3 heterocycles. The van der Waals surface area contributed by atoms with Crippen molar-refractivity contribution in [3.8, 4) is 22.3 Å². The maximum absolute atomic E-state index is 9.92. The van der Waals surface area contributed by atoms with Crippen LogP contribution in [-0.2, 0) is 13.1 Å². The molecule has 0 spiro atoms. The molecule has 5 rings (SSSR count). The number of likely N-dealkylation sites (tertiary alicyclic amines) is 1. The topological polar surface area (TPSA) is 55.4 Å². The summed E-state index contributed by atoms with van der Waals surface area (Å²) in [6.07, 6.45) is 5.81. The fourth-order valence-corrected chi connectivity index (χ4v) is 4.79. The Bertz CT molecular complexity index is 1210. The van der Waals surface area contributed by atoms with Crippen LogP contribution in [0.15, 0.2) is 67.0 Å². The second-order valence-electron chi connectivity index (χ2n) is 9.49. The molecule has 0 saturated carbocycles. The van der Waals surface area contributed by atoms with Crippen LogP contribution in [-0.4, -0.2) is 58.2 Å². The van der Waals surface area contributed by atoms with Crippen molar-refractivity contribution in [3.63, 3.8) is 0 Å². The predicted molar refractivity (Wildman–Crippen MR) is 135 cm³/mol. The summed E-state index contributed by atoms with van der Waals surface area (Å²) in [5.41, 5.74) is 8.15. The number of aromatic amines is 1. The Balaban J connectivity index is 1.37. The van der Waals surface area contributed by atoms with Gasteiger partial charge in [-0.25, -0.2) is 4.98 Å². The number of benzene rings is 2. The number of aromatic nitrogens is 2. The van der Waals surface area contributed by atoms with Crippen LogP contribution < -0.4 is 0 Å². The van der Waals surface area contributed by atoms with Crippen molar-refractivity contribution in [2.24, 2.45) is 0 Å². The Morgan fingerprint density at radius 2 is 1.73 bits per heavy atom. The number of aliphatic hydroxyl groups excluding tert-OH is 1. The van der Waals surface area contributed by atoms with E-state index in [1.54, 1.807) is 0 Å². The summed E-state index contributed by atoms with van der Waals surface area (Å²) in [5, 5.41) is 11.1. The average molecular weight is 441 g/mol. The molecule has 0 bridgehead atoms. The van der Waals surface area contributed by atoms with Gasteiger partial charge in [0.2, 0.25) is 0 Å². The minimum atomic E-state index is -0.185. The van der Waals surface area contributed by atoms with Crippen molar-refractivity contribution in [2.75, 3.05) is 27.2 Å². The zero-order valence-corrected chi connectivity index (χ0v) is 19.5. The highest BCUT2D eigenvalue weighted by atomic mass is 16.3. The van der Waals surface area contributed by atoms with E-state index in [0.717, 1.165) is 55.6 Å². The van der Waals surface area contributed by atoms with Gasteiger partial charge in [0.05, 0.1) is 6.10 Å². The third-order valence-electron chi connectivity index (χ3n) is 6.47. The molecular weight excluding hydrogens is 408 g/mol. The standard InChI is InChI=1S/C28H32N4O/c1-31(2)17-20-7-11-23(12-8-20)27-16-30-28-26(27)14-24(15-29-28)22-9-5-21(6-10-22)18-32-13-3-4-25(33)19-32/h5-12,14-16,25,33H,3-4,13,17-19H2,1-2H3,(H,29,30). The van der Waals surface area contributed by atoms with Crippen molar-refractivity contribution in [1.82, 2.24) is 19.8 Å². The van der Waals surface area contributed by atoms with Crippen LogP contribution in [0.2, 0.25) is 0 Å². The first-order valence-corrected chi connectivity index (χ1v) is 11.8. The van der Waals surface area contributed by atoms with Crippen molar-refractivity contribution in [2.45, 2.75) is 32.0 Å². The van der Waals surface area contributed by atoms with Crippen LogP contribution in [0.25, 0.3) is 33.3 Å². The van der Waals surface area contributed by atoms with E-state index in [-0.39, 0.29) is 6.10 Å². The lowest BCUT2D eigenvalue weighted by Gasteiger charge is -2.29. The second kappa shape index (κ2) is 9.48. The third-order valence-corrected chi connectivity index (χ3v) is 6.47.